The van der Waals surface area contributed by atoms with Crippen molar-refractivity contribution in [1.29, 1.82) is 5.26 Å². The third-order valence-corrected chi connectivity index (χ3v) is 5.19. The molecular formula is C12H22N2O2S. The first-order valence-corrected chi connectivity index (χ1v) is 7.88. The molecule has 0 amide bonds. The molecule has 1 fully saturated rings. The van der Waals surface area contributed by atoms with Crippen molar-refractivity contribution >= 4 is 10.0 Å². The molecule has 5 heteroatoms. The molecule has 1 rings (SSSR count). The number of rotatable bonds is 5. The zero-order chi connectivity index (χ0) is 12.9. The van der Waals surface area contributed by atoms with Gasteiger partial charge in [-0.05, 0) is 31.6 Å². The Kier molecular flexibility index (Phi) is 5.41. The van der Waals surface area contributed by atoms with Gasteiger partial charge < -0.3 is 0 Å². The maximum Gasteiger partial charge on any atom is 0.227 e. The van der Waals surface area contributed by atoms with Crippen LogP contribution < -0.4 is 4.72 Å². The Hall–Kier alpha value is -0.600. The summed E-state index contributed by atoms with van der Waals surface area (Å²) in [6.07, 6.45) is 5.86. The van der Waals surface area contributed by atoms with Crippen LogP contribution in [0.15, 0.2) is 0 Å². The van der Waals surface area contributed by atoms with Crippen molar-refractivity contribution in [2.75, 3.05) is 6.54 Å². The number of nitriles is 1. The number of nitrogens with zero attached hydrogens (tertiary/aromatic N) is 1. The van der Waals surface area contributed by atoms with Crippen molar-refractivity contribution in [3.8, 4) is 6.07 Å². The smallest absolute Gasteiger partial charge is 0.214 e. The van der Waals surface area contributed by atoms with Crippen molar-refractivity contribution in [2.24, 2.45) is 11.8 Å². The van der Waals surface area contributed by atoms with E-state index in [0.717, 1.165) is 12.3 Å². The number of nitrogens with one attached hydrogen (secondary N) is 1. The maximum atomic E-state index is 11.5. The molecule has 0 aliphatic heterocycles. The summed E-state index contributed by atoms with van der Waals surface area (Å²) >= 11 is 0. The molecule has 0 aromatic rings. The number of hydrogen-bond donors (Lipinski definition) is 1. The summed E-state index contributed by atoms with van der Waals surface area (Å²) in [5.74, 6) is 1.40. The molecule has 0 aromatic heterocycles. The highest BCUT2D eigenvalue weighted by atomic mass is 32.2. The highest BCUT2D eigenvalue weighted by Gasteiger charge is 2.22. The Morgan fingerprint density at radius 1 is 1.47 bits per heavy atom. The maximum absolute atomic E-state index is 11.5. The molecule has 0 radical (unpaired) electrons. The summed E-state index contributed by atoms with van der Waals surface area (Å²) in [5.41, 5.74) is 0. The van der Waals surface area contributed by atoms with E-state index < -0.39 is 15.3 Å². The van der Waals surface area contributed by atoms with Gasteiger partial charge >= 0.3 is 0 Å². The summed E-state index contributed by atoms with van der Waals surface area (Å²) in [7, 11) is -3.44. The van der Waals surface area contributed by atoms with E-state index in [4.69, 9.17) is 5.26 Å². The van der Waals surface area contributed by atoms with Crippen LogP contribution in [-0.2, 0) is 10.0 Å². The molecule has 0 saturated heterocycles. The van der Waals surface area contributed by atoms with E-state index in [9.17, 15) is 8.42 Å². The van der Waals surface area contributed by atoms with E-state index >= 15 is 0 Å². The number of hydrogen-bond acceptors (Lipinski definition) is 3. The largest absolute Gasteiger partial charge is 0.227 e. The Morgan fingerprint density at radius 2 is 2.18 bits per heavy atom. The molecule has 3 atom stereocenters. The van der Waals surface area contributed by atoms with E-state index in [2.05, 4.69) is 11.6 Å². The predicted molar refractivity (Wildman–Crippen MR) is 67.7 cm³/mol. The summed E-state index contributed by atoms with van der Waals surface area (Å²) < 4.78 is 25.6. The SMILES string of the molecule is CC1CCCC(CCNS(=O)(=O)C(C)C#N)C1. The van der Waals surface area contributed by atoms with Crippen molar-refractivity contribution in [3.63, 3.8) is 0 Å². The minimum absolute atomic E-state index is 0.464. The first-order chi connectivity index (χ1) is 7.95. The topological polar surface area (TPSA) is 70.0 Å². The lowest BCUT2D eigenvalue weighted by Gasteiger charge is -2.26. The Balaban J connectivity index is 2.30. The zero-order valence-corrected chi connectivity index (χ0v) is 11.5. The molecule has 1 aliphatic rings. The minimum atomic E-state index is -3.44. The lowest BCUT2D eigenvalue weighted by atomic mass is 9.81. The normalized spacial score (nSPS) is 27.4. The van der Waals surface area contributed by atoms with Gasteiger partial charge in [0.2, 0.25) is 10.0 Å². The van der Waals surface area contributed by atoms with Gasteiger partial charge in [-0.25, -0.2) is 13.1 Å². The van der Waals surface area contributed by atoms with Gasteiger partial charge in [0, 0.05) is 6.54 Å². The molecular weight excluding hydrogens is 236 g/mol. The fourth-order valence-electron chi connectivity index (χ4n) is 2.42. The molecule has 0 heterocycles. The van der Waals surface area contributed by atoms with Crippen LogP contribution in [0.5, 0.6) is 0 Å². The lowest BCUT2D eigenvalue weighted by Crippen LogP contribution is -2.33. The van der Waals surface area contributed by atoms with E-state index in [1.165, 1.54) is 32.6 Å². The van der Waals surface area contributed by atoms with E-state index in [1.807, 2.05) is 0 Å². The third kappa shape index (κ3) is 4.64. The van der Waals surface area contributed by atoms with Gasteiger partial charge in [-0.3, -0.25) is 0 Å². The Morgan fingerprint density at radius 3 is 2.76 bits per heavy atom. The molecule has 1 aliphatic carbocycles. The molecule has 3 unspecified atom stereocenters. The highest BCUT2D eigenvalue weighted by molar-refractivity contribution is 7.90. The van der Waals surface area contributed by atoms with Crippen LogP contribution in [0.1, 0.15) is 46.0 Å². The number of sulfonamides is 1. The van der Waals surface area contributed by atoms with Crippen molar-refractivity contribution in [2.45, 2.75) is 51.2 Å². The van der Waals surface area contributed by atoms with Gasteiger partial charge in [-0.2, -0.15) is 5.26 Å². The second-order valence-corrected chi connectivity index (χ2v) is 7.22. The summed E-state index contributed by atoms with van der Waals surface area (Å²) in [4.78, 5) is 0. The van der Waals surface area contributed by atoms with Crippen molar-refractivity contribution in [3.05, 3.63) is 0 Å². The average Bonchev–Trinajstić information content (AvgIpc) is 2.27. The first-order valence-electron chi connectivity index (χ1n) is 6.33. The molecule has 98 valence electrons. The van der Waals surface area contributed by atoms with Crippen LogP contribution in [0.25, 0.3) is 0 Å². The zero-order valence-electron chi connectivity index (χ0n) is 10.6. The van der Waals surface area contributed by atoms with Gasteiger partial charge in [0.25, 0.3) is 0 Å². The van der Waals surface area contributed by atoms with Crippen LogP contribution in [0.2, 0.25) is 0 Å². The van der Waals surface area contributed by atoms with Crippen molar-refractivity contribution < 1.29 is 8.42 Å². The van der Waals surface area contributed by atoms with Gasteiger partial charge in [-0.15, -0.1) is 0 Å². The Bertz CT molecular complexity index is 372. The molecule has 0 aromatic carbocycles. The first kappa shape index (κ1) is 14.5. The Labute approximate surface area is 104 Å². The lowest BCUT2D eigenvalue weighted by molar-refractivity contribution is 0.271. The highest BCUT2D eigenvalue weighted by Crippen LogP contribution is 2.30. The summed E-state index contributed by atoms with van der Waals surface area (Å²) in [6, 6.07) is 1.75. The van der Waals surface area contributed by atoms with Gasteiger partial charge in [0.15, 0.2) is 5.25 Å². The van der Waals surface area contributed by atoms with Crippen LogP contribution in [-0.4, -0.2) is 20.2 Å². The van der Waals surface area contributed by atoms with Crippen molar-refractivity contribution in [1.82, 2.24) is 4.72 Å². The van der Waals surface area contributed by atoms with Gasteiger partial charge in [0.1, 0.15) is 0 Å². The third-order valence-electron chi connectivity index (χ3n) is 3.55. The fourth-order valence-corrected chi connectivity index (χ4v) is 3.21. The van der Waals surface area contributed by atoms with Crippen LogP contribution in [0.3, 0.4) is 0 Å². The van der Waals surface area contributed by atoms with Crippen LogP contribution in [0.4, 0.5) is 0 Å². The molecule has 0 spiro atoms. The second-order valence-electron chi connectivity index (χ2n) is 5.14. The van der Waals surface area contributed by atoms with Gasteiger partial charge in [-0.1, -0.05) is 26.2 Å². The summed E-state index contributed by atoms with van der Waals surface area (Å²) in [6.45, 7) is 4.13. The average molecular weight is 258 g/mol. The molecule has 4 nitrogen and oxygen atoms in total. The predicted octanol–water partition coefficient (Wildman–Crippen LogP) is 2.03. The monoisotopic (exact) mass is 258 g/mol. The molecule has 0 bridgehead atoms. The molecule has 1 N–H and O–H groups in total. The minimum Gasteiger partial charge on any atom is -0.214 e. The molecule has 17 heavy (non-hydrogen) atoms. The van der Waals surface area contributed by atoms with Crippen LogP contribution in [0, 0.1) is 23.2 Å². The van der Waals surface area contributed by atoms with E-state index in [-0.39, 0.29) is 0 Å². The van der Waals surface area contributed by atoms with Crippen LogP contribution >= 0.6 is 0 Å². The quantitative estimate of drug-likeness (QED) is 0.820. The summed E-state index contributed by atoms with van der Waals surface area (Å²) in [5, 5.41) is 7.62. The molecule has 1 saturated carbocycles. The standard InChI is InChI=1S/C12H22N2O2S/c1-10-4-3-5-12(8-10)6-7-14-17(15,16)11(2)9-13/h10-12,14H,3-8H2,1-2H3. The van der Waals surface area contributed by atoms with E-state index in [0.29, 0.717) is 12.5 Å². The van der Waals surface area contributed by atoms with Gasteiger partial charge in [0.05, 0.1) is 6.07 Å². The second kappa shape index (κ2) is 6.36. The van der Waals surface area contributed by atoms with E-state index in [1.54, 1.807) is 6.07 Å². The fraction of sp³-hybridized carbons (Fsp3) is 0.917.